The Kier molecular flexibility index (Phi) is 4.78. The van der Waals surface area contributed by atoms with Crippen molar-refractivity contribution in [2.75, 3.05) is 9.96 Å². The molecule has 3 aromatic rings. The van der Waals surface area contributed by atoms with Gasteiger partial charge in [0.25, 0.3) is 5.91 Å². The Bertz CT molecular complexity index is 1230. The molecule has 5 rings (SSSR count). The van der Waals surface area contributed by atoms with Gasteiger partial charge in [-0.1, -0.05) is 42.0 Å². The van der Waals surface area contributed by atoms with Crippen LogP contribution in [0.5, 0.6) is 0 Å². The summed E-state index contributed by atoms with van der Waals surface area (Å²) in [5.74, 6) is -3.82. The van der Waals surface area contributed by atoms with Gasteiger partial charge in [0, 0.05) is 0 Å². The average Bonchev–Trinajstić information content (AvgIpc) is 3.28. The van der Waals surface area contributed by atoms with Crippen LogP contribution in [-0.2, 0) is 14.4 Å². The van der Waals surface area contributed by atoms with E-state index in [1.807, 2.05) is 32.0 Å². The first-order chi connectivity index (χ1) is 15.4. The lowest BCUT2D eigenvalue weighted by Crippen LogP contribution is -2.37. The van der Waals surface area contributed by atoms with E-state index in [2.05, 4.69) is 0 Å². The van der Waals surface area contributed by atoms with E-state index in [0.717, 1.165) is 28.2 Å². The molecule has 2 aliphatic rings. The molecule has 2 amide bonds. The second-order valence-corrected chi connectivity index (χ2v) is 8.13. The fourth-order valence-electron chi connectivity index (χ4n) is 4.54. The van der Waals surface area contributed by atoms with Crippen LogP contribution in [0.25, 0.3) is 0 Å². The van der Waals surface area contributed by atoms with Gasteiger partial charge in [-0.2, -0.15) is 0 Å². The highest BCUT2D eigenvalue weighted by Crippen LogP contribution is 2.48. The minimum atomic E-state index is -1.07. The van der Waals surface area contributed by atoms with Crippen molar-refractivity contribution < 1.29 is 23.2 Å². The molecular weight excluding hydrogens is 414 g/mol. The maximum absolute atomic E-state index is 14.1. The number of fused-ring (bicyclic) bond motifs is 1. The number of rotatable bonds is 3. The standard InChI is InChI=1S/C25H20F2N2O3/c1-14-8-11-20(15(2)12-14)28-24(30)21-22(16-9-10-18(26)19(27)13-16)29(32-23(21)25(28)31)17-6-4-3-5-7-17/h3-13,21-23H,1-2H3/t21-,22+,23+/m0/s1. The zero-order valence-electron chi connectivity index (χ0n) is 17.5. The number of hydrogen-bond acceptors (Lipinski definition) is 4. The van der Waals surface area contributed by atoms with Gasteiger partial charge < -0.3 is 0 Å². The molecule has 32 heavy (non-hydrogen) atoms. The molecule has 3 atom stereocenters. The molecule has 0 spiro atoms. The molecule has 2 fully saturated rings. The summed E-state index contributed by atoms with van der Waals surface area (Å²) in [6.45, 7) is 3.76. The third-order valence-electron chi connectivity index (χ3n) is 6.00. The first kappa shape index (κ1) is 20.3. The number of para-hydroxylation sites is 1. The normalized spacial score (nSPS) is 22.6. The molecular formula is C25H20F2N2O3. The van der Waals surface area contributed by atoms with E-state index in [1.54, 1.807) is 30.3 Å². The van der Waals surface area contributed by atoms with Gasteiger partial charge in [0.2, 0.25) is 5.91 Å². The van der Waals surface area contributed by atoms with E-state index in [1.165, 1.54) is 11.1 Å². The second-order valence-electron chi connectivity index (χ2n) is 8.13. The highest BCUT2D eigenvalue weighted by molar-refractivity contribution is 6.24. The topological polar surface area (TPSA) is 49.9 Å². The van der Waals surface area contributed by atoms with Gasteiger partial charge in [-0.25, -0.2) is 18.7 Å². The zero-order chi connectivity index (χ0) is 22.6. The Morgan fingerprint density at radius 1 is 0.844 bits per heavy atom. The number of hydrogen-bond donors (Lipinski definition) is 0. The molecule has 0 radical (unpaired) electrons. The van der Waals surface area contributed by atoms with E-state index in [9.17, 15) is 18.4 Å². The van der Waals surface area contributed by atoms with Crippen LogP contribution in [-0.4, -0.2) is 17.9 Å². The Morgan fingerprint density at radius 3 is 2.28 bits per heavy atom. The molecule has 0 aromatic heterocycles. The molecule has 7 heteroatoms. The predicted molar refractivity (Wildman–Crippen MR) is 115 cm³/mol. The summed E-state index contributed by atoms with van der Waals surface area (Å²) in [5, 5.41) is 1.46. The van der Waals surface area contributed by atoms with Gasteiger partial charge in [0.15, 0.2) is 17.7 Å². The number of benzene rings is 3. The lowest BCUT2D eigenvalue weighted by atomic mass is 9.90. The smallest absolute Gasteiger partial charge is 0.266 e. The zero-order valence-corrected chi connectivity index (χ0v) is 17.5. The Hall–Kier alpha value is -3.58. The molecule has 0 saturated carbocycles. The molecule has 3 aromatic carbocycles. The summed E-state index contributed by atoms with van der Waals surface area (Å²) < 4.78 is 27.7. The number of amides is 2. The third-order valence-corrected chi connectivity index (χ3v) is 6.00. The van der Waals surface area contributed by atoms with Crippen LogP contribution < -0.4 is 9.96 Å². The van der Waals surface area contributed by atoms with E-state index < -0.39 is 41.5 Å². The predicted octanol–water partition coefficient (Wildman–Crippen LogP) is 4.63. The molecule has 2 heterocycles. The average molecular weight is 434 g/mol. The van der Waals surface area contributed by atoms with Crippen molar-refractivity contribution in [2.24, 2.45) is 5.92 Å². The van der Waals surface area contributed by atoms with Crippen molar-refractivity contribution in [1.82, 2.24) is 0 Å². The largest absolute Gasteiger partial charge is 0.273 e. The maximum Gasteiger partial charge on any atom is 0.266 e. The molecule has 162 valence electrons. The number of carbonyl (C=O) groups is 2. The van der Waals surface area contributed by atoms with Gasteiger partial charge in [0.05, 0.1) is 17.4 Å². The Balaban J connectivity index is 1.61. The van der Waals surface area contributed by atoms with Gasteiger partial charge in [-0.05, 0) is 55.3 Å². The summed E-state index contributed by atoms with van der Waals surface area (Å²) >= 11 is 0. The minimum absolute atomic E-state index is 0.351. The third kappa shape index (κ3) is 3.08. The van der Waals surface area contributed by atoms with E-state index >= 15 is 0 Å². The highest BCUT2D eigenvalue weighted by Gasteiger charge is 2.60. The van der Waals surface area contributed by atoms with Gasteiger partial charge in [-0.3, -0.25) is 14.4 Å². The van der Waals surface area contributed by atoms with Gasteiger partial charge in [-0.15, -0.1) is 0 Å². The van der Waals surface area contributed by atoms with Crippen molar-refractivity contribution in [1.29, 1.82) is 0 Å². The van der Waals surface area contributed by atoms with Crippen LogP contribution in [0.3, 0.4) is 0 Å². The number of carbonyl (C=O) groups excluding carboxylic acids is 2. The summed E-state index contributed by atoms with van der Waals surface area (Å²) in [6, 6.07) is 17.1. The molecule has 0 aliphatic carbocycles. The first-order valence-corrected chi connectivity index (χ1v) is 10.3. The number of halogens is 2. The SMILES string of the molecule is Cc1ccc(N2C(=O)[C@H]3[C@@H](c4ccc(F)c(F)c4)N(c4ccccc4)O[C@H]3C2=O)c(C)c1. The maximum atomic E-state index is 14.1. The van der Waals surface area contributed by atoms with Crippen LogP contribution in [0.15, 0.2) is 66.7 Å². The summed E-state index contributed by atoms with van der Waals surface area (Å²) in [7, 11) is 0. The lowest BCUT2D eigenvalue weighted by molar-refractivity contribution is -0.126. The molecule has 0 N–H and O–H groups in total. The fraction of sp³-hybridized carbons (Fsp3) is 0.200. The minimum Gasteiger partial charge on any atom is -0.273 e. The van der Waals surface area contributed by atoms with Crippen molar-refractivity contribution in [3.8, 4) is 0 Å². The van der Waals surface area contributed by atoms with Crippen molar-refractivity contribution >= 4 is 23.2 Å². The monoisotopic (exact) mass is 434 g/mol. The number of hydroxylamine groups is 1. The number of nitrogens with zero attached hydrogens (tertiary/aromatic N) is 2. The Labute approximate surface area is 183 Å². The molecule has 2 aliphatic heterocycles. The van der Waals surface area contributed by atoms with Gasteiger partial charge in [0.1, 0.15) is 5.92 Å². The molecule has 5 nitrogen and oxygen atoms in total. The van der Waals surface area contributed by atoms with Crippen molar-refractivity contribution in [3.05, 3.63) is 95.1 Å². The van der Waals surface area contributed by atoms with E-state index in [-0.39, 0.29) is 0 Å². The fourth-order valence-corrected chi connectivity index (χ4v) is 4.54. The van der Waals surface area contributed by atoms with E-state index in [0.29, 0.717) is 16.9 Å². The molecule has 0 bridgehead atoms. The second kappa shape index (κ2) is 7.53. The van der Waals surface area contributed by atoms with Crippen molar-refractivity contribution in [3.63, 3.8) is 0 Å². The van der Waals surface area contributed by atoms with Crippen LogP contribution in [0.1, 0.15) is 22.7 Å². The summed E-state index contributed by atoms with van der Waals surface area (Å²) in [4.78, 5) is 34.1. The quantitative estimate of drug-likeness (QED) is 0.564. The van der Waals surface area contributed by atoms with Gasteiger partial charge >= 0.3 is 0 Å². The number of aryl methyl sites for hydroxylation is 2. The molecule has 2 saturated heterocycles. The van der Waals surface area contributed by atoms with Crippen LogP contribution in [0, 0.1) is 31.4 Å². The highest BCUT2D eigenvalue weighted by atomic mass is 19.2. The van der Waals surface area contributed by atoms with Crippen LogP contribution >= 0.6 is 0 Å². The number of imide groups is 1. The van der Waals surface area contributed by atoms with E-state index in [4.69, 9.17) is 4.84 Å². The van der Waals surface area contributed by atoms with Crippen molar-refractivity contribution in [2.45, 2.75) is 26.0 Å². The first-order valence-electron chi connectivity index (χ1n) is 10.3. The summed E-state index contributed by atoms with van der Waals surface area (Å²) in [5.41, 5.74) is 3.26. The Morgan fingerprint density at radius 2 is 1.59 bits per heavy atom. The van der Waals surface area contributed by atoms with Crippen LogP contribution in [0.4, 0.5) is 20.2 Å². The lowest BCUT2D eigenvalue weighted by Gasteiger charge is -2.29. The molecule has 0 unspecified atom stereocenters. The van der Waals surface area contributed by atoms with Crippen LogP contribution in [0.2, 0.25) is 0 Å². The number of anilines is 2. The summed E-state index contributed by atoms with van der Waals surface area (Å²) in [6.07, 6.45) is -1.07.